The fourth-order valence-corrected chi connectivity index (χ4v) is 3.28. The first-order valence-electron chi connectivity index (χ1n) is 7.11. The molecule has 1 N–H and O–H groups in total. The zero-order chi connectivity index (χ0) is 15.6. The quantitative estimate of drug-likeness (QED) is 0.782. The van der Waals surface area contributed by atoms with Gasteiger partial charge in [0.2, 0.25) is 0 Å². The van der Waals surface area contributed by atoms with Gasteiger partial charge in [0.1, 0.15) is 0 Å². The van der Waals surface area contributed by atoms with E-state index >= 15 is 0 Å². The maximum Gasteiger partial charge on any atom is 0.0738 e. The van der Waals surface area contributed by atoms with Crippen molar-refractivity contribution in [3.8, 4) is 0 Å². The van der Waals surface area contributed by atoms with E-state index in [1.165, 1.54) is 16.8 Å². The minimum absolute atomic E-state index is 0.285. The normalized spacial score (nSPS) is 12.7. The van der Waals surface area contributed by atoms with Crippen molar-refractivity contribution in [3.63, 3.8) is 0 Å². The Morgan fingerprint density at radius 1 is 1.29 bits per heavy atom. The molecule has 1 atom stereocenters. The van der Waals surface area contributed by atoms with Gasteiger partial charge in [-0.3, -0.25) is 4.68 Å². The van der Waals surface area contributed by atoms with Crippen molar-refractivity contribution < 1.29 is 0 Å². The van der Waals surface area contributed by atoms with Gasteiger partial charge < -0.3 is 5.32 Å². The van der Waals surface area contributed by atoms with E-state index in [1.54, 1.807) is 0 Å². The number of aryl methyl sites for hydroxylation is 3. The van der Waals surface area contributed by atoms with Crippen LogP contribution < -0.4 is 5.32 Å². The van der Waals surface area contributed by atoms with E-state index in [-0.39, 0.29) is 6.04 Å². The average Bonchev–Trinajstić information content (AvgIpc) is 2.68. The first-order chi connectivity index (χ1) is 9.93. The summed E-state index contributed by atoms with van der Waals surface area (Å²) in [7, 11) is 2.00. The smallest absolute Gasteiger partial charge is 0.0738 e. The Morgan fingerprint density at radius 2 is 2.00 bits per heavy atom. The van der Waals surface area contributed by atoms with Crippen LogP contribution in [0.5, 0.6) is 0 Å². The Bertz CT molecular complexity index is 635. The standard InChI is InChI=1S/C16H21Br2N3/c1-5-19-14(12-6-7-13(17)10(2)8-12)9-15-16(18)11(3)20-21(15)4/h6-8,14,19H,5,9H2,1-4H3. The van der Waals surface area contributed by atoms with Crippen LogP contribution in [-0.4, -0.2) is 16.3 Å². The minimum Gasteiger partial charge on any atom is -0.310 e. The minimum atomic E-state index is 0.285. The van der Waals surface area contributed by atoms with Crippen LogP contribution in [0, 0.1) is 13.8 Å². The zero-order valence-corrected chi connectivity index (χ0v) is 16.0. The number of benzene rings is 1. The lowest BCUT2D eigenvalue weighted by Crippen LogP contribution is -2.24. The molecule has 0 fully saturated rings. The summed E-state index contributed by atoms with van der Waals surface area (Å²) in [5.74, 6) is 0. The molecule has 1 heterocycles. The largest absolute Gasteiger partial charge is 0.310 e. The molecule has 0 aliphatic heterocycles. The molecule has 5 heteroatoms. The van der Waals surface area contributed by atoms with Crippen LogP contribution in [0.2, 0.25) is 0 Å². The summed E-state index contributed by atoms with van der Waals surface area (Å²) in [6, 6.07) is 6.84. The van der Waals surface area contributed by atoms with Crippen molar-refractivity contribution in [1.29, 1.82) is 0 Å². The van der Waals surface area contributed by atoms with Gasteiger partial charge in [-0.2, -0.15) is 5.10 Å². The molecule has 0 spiro atoms. The van der Waals surface area contributed by atoms with Crippen LogP contribution >= 0.6 is 31.9 Å². The van der Waals surface area contributed by atoms with Gasteiger partial charge in [0.25, 0.3) is 0 Å². The fraction of sp³-hybridized carbons (Fsp3) is 0.438. The van der Waals surface area contributed by atoms with Crippen molar-refractivity contribution >= 4 is 31.9 Å². The van der Waals surface area contributed by atoms with Gasteiger partial charge in [-0.15, -0.1) is 0 Å². The van der Waals surface area contributed by atoms with Gasteiger partial charge >= 0.3 is 0 Å². The molecule has 0 amide bonds. The highest BCUT2D eigenvalue weighted by atomic mass is 79.9. The first-order valence-corrected chi connectivity index (χ1v) is 8.70. The zero-order valence-electron chi connectivity index (χ0n) is 12.9. The maximum absolute atomic E-state index is 4.48. The Labute approximate surface area is 143 Å². The Hall–Kier alpha value is -0.650. The molecule has 1 unspecified atom stereocenters. The number of halogens is 2. The molecule has 3 nitrogen and oxygen atoms in total. The molecule has 0 aliphatic carbocycles. The van der Waals surface area contributed by atoms with Crippen molar-refractivity contribution in [2.24, 2.45) is 7.05 Å². The molecular weight excluding hydrogens is 394 g/mol. The predicted octanol–water partition coefficient (Wildman–Crippen LogP) is 4.46. The molecule has 114 valence electrons. The summed E-state index contributed by atoms with van der Waals surface area (Å²) in [5, 5.41) is 8.06. The van der Waals surface area contributed by atoms with Gasteiger partial charge in [0.05, 0.1) is 15.9 Å². The predicted molar refractivity (Wildman–Crippen MR) is 94.6 cm³/mol. The molecule has 2 aromatic rings. The molecule has 21 heavy (non-hydrogen) atoms. The second-order valence-corrected chi connectivity index (χ2v) is 6.94. The van der Waals surface area contributed by atoms with E-state index in [0.29, 0.717) is 0 Å². The Kier molecular flexibility index (Phi) is 5.63. The van der Waals surface area contributed by atoms with E-state index in [1.807, 2.05) is 18.7 Å². The number of hydrogen-bond acceptors (Lipinski definition) is 2. The molecule has 1 aromatic heterocycles. The maximum atomic E-state index is 4.48. The third-order valence-corrected chi connectivity index (χ3v) is 5.62. The van der Waals surface area contributed by atoms with Gasteiger partial charge in [-0.25, -0.2) is 0 Å². The van der Waals surface area contributed by atoms with Crippen molar-refractivity contribution in [1.82, 2.24) is 15.1 Å². The summed E-state index contributed by atoms with van der Waals surface area (Å²) >= 11 is 7.23. The molecule has 0 aliphatic rings. The highest BCUT2D eigenvalue weighted by molar-refractivity contribution is 9.10. The number of aromatic nitrogens is 2. The number of nitrogens with one attached hydrogen (secondary N) is 1. The van der Waals surface area contributed by atoms with Crippen LogP contribution in [0.3, 0.4) is 0 Å². The van der Waals surface area contributed by atoms with E-state index in [2.05, 4.69) is 74.3 Å². The number of likely N-dealkylation sites (N-methyl/N-ethyl adjacent to an activating group) is 1. The molecular formula is C16H21Br2N3. The lowest BCUT2D eigenvalue weighted by Gasteiger charge is -2.19. The molecule has 0 radical (unpaired) electrons. The lowest BCUT2D eigenvalue weighted by molar-refractivity contribution is 0.527. The molecule has 0 saturated carbocycles. The molecule has 2 rings (SSSR count). The van der Waals surface area contributed by atoms with E-state index in [4.69, 9.17) is 0 Å². The van der Waals surface area contributed by atoms with E-state index in [0.717, 1.165) is 27.6 Å². The van der Waals surface area contributed by atoms with Crippen molar-refractivity contribution in [2.45, 2.75) is 33.2 Å². The molecule has 1 aromatic carbocycles. The van der Waals surface area contributed by atoms with E-state index < -0.39 is 0 Å². The monoisotopic (exact) mass is 413 g/mol. The van der Waals surface area contributed by atoms with Crippen LogP contribution in [0.25, 0.3) is 0 Å². The van der Waals surface area contributed by atoms with Crippen LogP contribution in [0.4, 0.5) is 0 Å². The first kappa shape index (κ1) is 16.7. The third-order valence-electron chi connectivity index (χ3n) is 3.69. The summed E-state index contributed by atoms with van der Waals surface area (Å²) in [6.07, 6.45) is 0.910. The summed E-state index contributed by atoms with van der Waals surface area (Å²) < 4.78 is 4.23. The number of nitrogens with zero attached hydrogens (tertiary/aromatic N) is 2. The second-order valence-electron chi connectivity index (χ2n) is 5.29. The topological polar surface area (TPSA) is 29.9 Å². The van der Waals surface area contributed by atoms with Gasteiger partial charge in [-0.05, 0) is 53.5 Å². The second kappa shape index (κ2) is 7.07. The summed E-state index contributed by atoms with van der Waals surface area (Å²) in [6.45, 7) is 7.23. The van der Waals surface area contributed by atoms with Gasteiger partial charge in [-0.1, -0.05) is 35.0 Å². The van der Waals surface area contributed by atoms with Gasteiger partial charge in [0, 0.05) is 24.0 Å². The lowest BCUT2D eigenvalue weighted by atomic mass is 10.00. The highest BCUT2D eigenvalue weighted by Crippen LogP contribution is 2.28. The van der Waals surface area contributed by atoms with Gasteiger partial charge in [0.15, 0.2) is 0 Å². The number of rotatable bonds is 5. The summed E-state index contributed by atoms with van der Waals surface area (Å²) in [4.78, 5) is 0. The summed E-state index contributed by atoms with van der Waals surface area (Å²) in [5.41, 5.74) is 4.83. The van der Waals surface area contributed by atoms with Crippen molar-refractivity contribution in [2.75, 3.05) is 6.54 Å². The Morgan fingerprint density at radius 3 is 2.52 bits per heavy atom. The Balaban J connectivity index is 2.32. The molecule has 0 bridgehead atoms. The van der Waals surface area contributed by atoms with Crippen molar-refractivity contribution in [3.05, 3.63) is 49.7 Å². The third kappa shape index (κ3) is 3.76. The highest BCUT2D eigenvalue weighted by Gasteiger charge is 2.18. The number of hydrogen-bond donors (Lipinski definition) is 1. The van der Waals surface area contributed by atoms with Crippen LogP contribution in [-0.2, 0) is 13.5 Å². The van der Waals surface area contributed by atoms with E-state index in [9.17, 15) is 0 Å². The van der Waals surface area contributed by atoms with Crippen LogP contribution in [0.1, 0.15) is 35.5 Å². The SMILES string of the molecule is CCNC(Cc1c(Br)c(C)nn1C)c1ccc(Br)c(C)c1. The van der Waals surface area contributed by atoms with Crippen LogP contribution in [0.15, 0.2) is 27.1 Å². The fourth-order valence-electron chi connectivity index (χ4n) is 2.53. The average molecular weight is 415 g/mol. The molecule has 0 saturated heterocycles.